The summed E-state index contributed by atoms with van der Waals surface area (Å²) in [6.07, 6.45) is -0.898. The van der Waals surface area contributed by atoms with Crippen LogP contribution in [0.15, 0.2) is 71.6 Å². The van der Waals surface area contributed by atoms with Crippen molar-refractivity contribution in [3.8, 4) is 0 Å². The number of aromatic nitrogens is 1. The maximum absolute atomic E-state index is 14.2. The molecule has 0 unspecified atom stereocenters. The molecule has 48 heavy (non-hydrogen) atoms. The first-order valence-electron chi connectivity index (χ1n) is 16.5. The second kappa shape index (κ2) is 16.2. The lowest BCUT2D eigenvalue weighted by Gasteiger charge is -2.31. The van der Waals surface area contributed by atoms with Crippen molar-refractivity contribution in [1.29, 1.82) is 0 Å². The smallest absolute Gasteiger partial charge is 0.251 e. The summed E-state index contributed by atoms with van der Waals surface area (Å²) in [5.74, 6) is -0.395. The average Bonchev–Trinajstić information content (AvgIpc) is 3.48. The molecule has 6 N–H and O–H groups in total. The van der Waals surface area contributed by atoms with Crippen LogP contribution in [0.1, 0.15) is 35.3 Å². The van der Waals surface area contributed by atoms with E-state index in [1.54, 1.807) is 43.3 Å². The molecule has 0 bridgehead atoms. The number of carbonyl (C=O) groups excluding carboxylic acids is 1. The van der Waals surface area contributed by atoms with Gasteiger partial charge in [-0.2, -0.15) is 4.31 Å². The largest absolute Gasteiger partial charge is 0.398 e. The zero-order chi connectivity index (χ0) is 34.3. The fourth-order valence-corrected chi connectivity index (χ4v) is 8.51. The van der Waals surface area contributed by atoms with E-state index in [9.17, 15) is 18.3 Å². The van der Waals surface area contributed by atoms with E-state index in [0.717, 1.165) is 60.2 Å². The molecule has 1 aromatic heterocycles. The number of amides is 1. The minimum Gasteiger partial charge on any atom is -0.398 e. The van der Waals surface area contributed by atoms with Crippen molar-refractivity contribution >= 4 is 48.3 Å². The van der Waals surface area contributed by atoms with Gasteiger partial charge in [-0.15, -0.1) is 0 Å². The molecule has 1 aliphatic heterocycles. The quantitative estimate of drug-likeness (QED) is 0.118. The summed E-state index contributed by atoms with van der Waals surface area (Å²) in [5, 5.41) is 22.1. The van der Waals surface area contributed by atoms with E-state index in [2.05, 4.69) is 25.8 Å². The number of nitrogen functional groups attached to an aromatic ring is 1. The van der Waals surface area contributed by atoms with Gasteiger partial charge >= 0.3 is 0 Å². The van der Waals surface area contributed by atoms with Crippen LogP contribution in [0.25, 0.3) is 10.2 Å². The Balaban J connectivity index is 1.34. The van der Waals surface area contributed by atoms with E-state index in [1.165, 1.54) is 15.6 Å². The van der Waals surface area contributed by atoms with Crippen LogP contribution in [0.4, 0.5) is 10.8 Å². The second-order valence-corrected chi connectivity index (χ2v) is 15.7. The molecule has 11 nitrogen and oxygen atoms in total. The summed E-state index contributed by atoms with van der Waals surface area (Å²) in [6, 6.07) is 18.8. The van der Waals surface area contributed by atoms with Crippen LogP contribution < -0.4 is 21.7 Å². The SMILES string of the molecule is Cc1c(N)cccc1C(=O)N[C@@H](Cc1ccccc1)[C@H](O)CN(CC(C)C)S(=O)(=O)c1ccc2nc(NCCN3CCNCC3)sc2c1. The second-order valence-electron chi connectivity index (χ2n) is 12.7. The van der Waals surface area contributed by atoms with Crippen molar-refractivity contribution < 1.29 is 18.3 Å². The van der Waals surface area contributed by atoms with Crippen molar-refractivity contribution in [2.75, 3.05) is 63.4 Å². The van der Waals surface area contributed by atoms with Crippen LogP contribution in [0.5, 0.6) is 0 Å². The lowest BCUT2D eigenvalue weighted by Crippen LogP contribution is -2.51. The monoisotopic (exact) mass is 693 g/mol. The molecule has 2 heterocycles. The van der Waals surface area contributed by atoms with Crippen molar-refractivity contribution in [2.45, 2.75) is 44.2 Å². The van der Waals surface area contributed by atoms with Gasteiger partial charge in [-0.05, 0) is 60.7 Å². The van der Waals surface area contributed by atoms with Gasteiger partial charge in [-0.25, -0.2) is 13.4 Å². The molecule has 1 amide bonds. The summed E-state index contributed by atoms with van der Waals surface area (Å²) in [6.45, 7) is 11.3. The molecule has 0 spiro atoms. The number of nitrogens with zero attached hydrogens (tertiary/aromatic N) is 3. The van der Waals surface area contributed by atoms with E-state index in [1.807, 2.05) is 44.2 Å². The molecule has 0 radical (unpaired) electrons. The zero-order valence-electron chi connectivity index (χ0n) is 27.9. The lowest BCUT2D eigenvalue weighted by atomic mass is 9.99. The van der Waals surface area contributed by atoms with Crippen molar-refractivity contribution in [3.05, 3.63) is 83.4 Å². The number of hydrogen-bond acceptors (Lipinski definition) is 10. The molecular weight excluding hydrogens is 647 g/mol. The molecule has 1 aliphatic rings. The van der Waals surface area contributed by atoms with Crippen LogP contribution in [0.3, 0.4) is 0 Å². The predicted molar refractivity (Wildman–Crippen MR) is 194 cm³/mol. The number of nitrogens with one attached hydrogen (secondary N) is 3. The van der Waals surface area contributed by atoms with Gasteiger partial charge in [0, 0.05) is 63.6 Å². The van der Waals surface area contributed by atoms with Gasteiger partial charge in [-0.1, -0.05) is 61.6 Å². The Morgan fingerprint density at radius 1 is 1.08 bits per heavy atom. The van der Waals surface area contributed by atoms with Gasteiger partial charge in [0.15, 0.2) is 5.13 Å². The maximum atomic E-state index is 14.2. The normalized spacial score (nSPS) is 15.5. The summed E-state index contributed by atoms with van der Waals surface area (Å²) >= 11 is 1.42. The molecule has 5 rings (SSSR count). The summed E-state index contributed by atoms with van der Waals surface area (Å²) in [4.78, 5) is 20.7. The average molecular weight is 694 g/mol. The van der Waals surface area contributed by atoms with Crippen LogP contribution in [0, 0.1) is 12.8 Å². The zero-order valence-corrected chi connectivity index (χ0v) is 29.5. The van der Waals surface area contributed by atoms with Crippen LogP contribution in [0.2, 0.25) is 0 Å². The fraction of sp³-hybridized carbons (Fsp3) is 0.429. The third-order valence-electron chi connectivity index (χ3n) is 8.57. The molecular formula is C35H47N7O4S2. The number of piperazine rings is 1. The van der Waals surface area contributed by atoms with Crippen LogP contribution in [-0.4, -0.2) is 98.1 Å². The maximum Gasteiger partial charge on any atom is 0.251 e. The first-order chi connectivity index (χ1) is 23.0. The Hall–Kier alpha value is -3.59. The number of rotatable bonds is 15. The van der Waals surface area contributed by atoms with Gasteiger partial charge < -0.3 is 26.8 Å². The number of sulfonamides is 1. The van der Waals surface area contributed by atoms with Gasteiger partial charge in [-0.3, -0.25) is 9.69 Å². The topological polar surface area (TPSA) is 153 Å². The van der Waals surface area contributed by atoms with E-state index in [4.69, 9.17) is 5.73 Å². The Morgan fingerprint density at radius 2 is 1.83 bits per heavy atom. The first kappa shape index (κ1) is 35.7. The van der Waals surface area contributed by atoms with Gasteiger partial charge in [0.25, 0.3) is 5.91 Å². The molecule has 4 aromatic rings. The van der Waals surface area contributed by atoms with Gasteiger partial charge in [0.05, 0.1) is 27.3 Å². The Kier molecular flexibility index (Phi) is 12.1. The van der Waals surface area contributed by atoms with E-state index >= 15 is 0 Å². The number of aliphatic hydroxyl groups excluding tert-OH is 1. The Bertz CT molecular complexity index is 1780. The molecule has 3 aromatic carbocycles. The molecule has 1 saturated heterocycles. The van der Waals surface area contributed by atoms with Crippen molar-refractivity contribution in [3.63, 3.8) is 0 Å². The van der Waals surface area contributed by atoms with Crippen molar-refractivity contribution in [1.82, 2.24) is 24.8 Å². The molecule has 13 heteroatoms. The Labute approximate surface area is 287 Å². The minimum atomic E-state index is -4.01. The van der Waals surface area contributed by atoms with Crippen molar-refractivity contribution in [2.24, 2.45) is 5.92 Å². The number of benzene rings is 3. The fourth-order valence-electron chi connectivity index (χ4n) is 5.86. The molecule has 2 atom stereocenters. The first-order valence-corrected chi connectivity index (χ1v) is 18.7. The summed E-state index contributed by atoms with van der Waals surface area (Å²) < 4.78 is 30.4. The standard InChI is InChI=1S/C35H47N7O4S2/c1-24(2)22-42(23-32(43)31(20-26-8-5-4-6-9-26)39-34(44)28-10-7-11-29(36)25(28)3)48(45,46)27-12-13-30-33(21-27)47-35(40-30)38-16-19-41-17-14-37-15-18-41/h4-13,21,24,31-32,37,43H,14-20,22-23,36H2,1-3H3,(H,38,40)(H,39,44)/t31-,32+/m0/s1. The molecule has 258 valence electrons. The molecule has 1 fully saturated rings. The van der Waals surface area contributed by atoms with E-state index in [0.29, 0.717) is 23.2 Å². The number of aliphatic hydroxyl groups is 1. The minimum absolute atomic E-state index is 0.0114. The highest BCUT2D eigenvalue weighted by Gasteiger charge is 2.32. The summed E-state index contributed by atoms with van der Waals surface area (Å²) in [5.41, 5.74) is 9.22. The van der Waals surface area contributed by atoms with Gasteiger partial charge in [0.1, 0.15) is 0 Å². The number of fused-ring (bicyclic) bond motifs is 1. The number of thiazole rings is 1. The third kappa shape index (κ3) is 9.10. The highest BCUT2D eigenvalue weighted by atomic mass is 32.2. The number of nitrogens with two attached hydrogens (primary N) is 1. The summed E-state index contributed by atoms with van der Waals surface area (Å²) in [7, 11) is -4.01. The van der Waals surface area contributed by atoms with Gasteiger partial charge in [0.2, 0.25) is 10.0 Å². The molecule has 0 aliphatic carbocycles. The Morgan fingerprint density at radius 3 is 2.56 bits per heavy atom. The highest BCUT2D eigenvalue weighted by Crippen LogP contribution is 2.30. The van der Waals surface area contributed by atoms with Crippen LogP contribution >= 0.6 is 11.3 Å². The number of carbonyl (C=O) groups is 1. The molecule has 0 saturated carbocycles. The lowest BCUT2D eigenvalue weighted by molar-refractivity contribution is 0.0775. The van der Waals surface area contributed by atoms with Crippen LogP contribution in [-0.2, 0) is 16.4 Å². The highest BCUT2D eigenvalue weighted by molar-refractivity contribution is 7.89. The number of anilines is 2. The van der Waals surface area contributed by atoms with E-state index < -0.39 is 22.2 Å². The predicted octanol–water partition coefficient (Wildman–Crippen LogP) is 3.55. The van der Waals surface area contributed by atoms with E-state index in [-0.39, 0.29) is 29.8 Å². The third-order valence-corrected chi connectivity index (χ3v) is 11.4. The number of hydrogen-bond donors (Lipinski definition) is 5.